The van der Waals surface area contributed by atoms with Gasteiger partial charge in [0.05, 0.1) is 0 Å². The maximum absolute atomic E-state index is 12.6. The van der Waals surface area contributed by atoms with Crippen LogP contribution in [0.2, 0.25) is 0 Å². The van der Waals surface area contributed by atoms with Gasteiger partial charge in [-0.25, -0.2) is 0 Å². The van der Waals surface area contributed by atoms with Crippen LogP contribution in [0.4, 0.5) is 13.2 Å². The molecule has 0 bridgehead atoms. The van der Waals surface area contributed by atoms with E-state index in [9.17, 15) is 23.1 Å². The summed E-state index contributed by atoms with van der Waals surface area (Å²) in [7, 11) is 1.55. The fraction of sp³-hybridized carbons (Fsp3) is 0.533. The van der Waals surface area contributed by atoms with Crippen molar-refractivity contribution in [3.05, 3.63) is 29.8 Å². The Morgan fingerprint density at radius 1 is 1.32 bits per heavy atom. The van der Waals surface area contributed by atoms with Crippen LogP contribution in [-0.2, 0) is 10.3 Å². The number of aliphatic hydroxyl groups is 1. The van der Waals surface area contributed by atoms with Gasteiger partial charge in [-0.05, 0) is 50.9 Å². The number of ketones is 1. The first-order valence-corrected chi connectivity index (χ1v) is 6.93. The van der Waals surface area contributed by atoms with Gasteiger partial charge in [0, 0.05) is 0 Å². The van der Waals surface area contributed by atoms with Crippen LogP contribution in [-0.4, -0.2) is 29.9 Å². The molecule has 2 rings (SSSR count). The van der Waals surface area contributed by atoms with Crippen LogP contribution in [0.15, 0.2) is 24.3 Å². The van der Waals surface area contributed by atoms with Gasteiger partial charge in [-0.1, -0.05) is 12.1 Å². The molecule has 0 aromatic heterocycles. The third kappa shape index (κ3) is 3.10. The van der Waals surface area contributed by atoms with Crippen molar-refractivity contribution in [2.75, 3.05) is 7.05 Å². The molecule has 122 valence electrons. The highest BCUT2D eigenvalue weighted by Gasteiger charge is 2.50. The highest BCUT2D eigenvalue weighted by atomic mass is 19.4. The van der Waals surface area contributed by atoms with Crippen LogP contribution < -0.4 is 10.1 Å². The van der Waals surface area contributed by atoms with Gasteiger partial charge in [0.25, 0.3) is 0 Å². The van der Waals surface area contributed by atoms with E-state index >= 15 is 0 Å². The van der Waals surface area contributed by atoms with Gasteiger partial charge in [0.15, 0.2) is 5.78 Å². The summed E-state index contributed by atoms with van der Waals surface area (Å²) < 4.78 is 41.0. The van der Waals surface area contributed by atoms with Crippen molar-refractivity contribution in [3.8, 4) is 5.75 Å². The third-order valence-electron chi connectivity index (χ3n) is 4.08. The maximum atomic E-state index is 12.6. The number of carbonyl (C=O) groups is 1. The van der Waals surface area contributed by atoms with E-state index < -0.39 is 29.0 Å². The zero-order valence-electron chi connectivity index (χ0n) is 12.3. The van der Waals surface area contributed by atoms with E-state index in [0.29, 0.717) is 24.8 Å². The molecule has 4 nitrogen and oxygen atoms in total. The Hall–Kier alpha value is -1.60. The quantitative estimate of drug-likeness (QED) is 0.899. The number of benzene rings is 1. The fourth-order valence-electron chi connectivity index (χ4n) is 3.00. The summed E-state index contributed by atoms with van der Waals surface area (Å²) in [4.78, 5) is 12.6. The number of ether oxygens (including phenoxy) is 1. The molecular formula is C15H18F3NO3. The molecule has 0 amide bonds. The molecule has 2 atom stereocenters. The number of hydrogen-bond donors (Lipinski definition) is 2. The van der Waals surface area contributed by atoms with E-state index in [-0.39, 0.29) is 0 Å². The predicted molar refractivity (Wildman–Crippen MR) is 73.3 cm³/mol. The molecule has 2 N–H and O–H groups in total. The SMILES string of the molecule is CN[C@@]1(c2cccc(OC(F)(F)F)c2)CCC[C@](C)(O)C1=O. The molecule has 0 heterocycles. The molecule has 1 saturated carbocycles. The molecule has 22 heavy (non-hydrogen) atoms. The van der Waals surface area contributed by atoms with E-state index in [1.807, 2.05) is 0 Å². The van der Waals surface area contributed by atoms with Gasteiger partial charge in [-0.2, -0.15) is 0 Å². The van der Waals surface area contributed by atoms with Crippen LogP contribution in [0.5, 0.6) is 5.75 Å². The van der Waals surface area contributed by atoms with E-state index in [2.05, 4.69) is 10.1 Å². The lowest BCUT2D eigenvalue weighted by molar-refractivity contribution is -0.274. The molecule has 1 aromatic carbocycles. The van der Waals surface area contributed by atoms with Crippen LogP contribution >= 0.6 is 0 Å². The Morgan fingerprint density at radius 2 is 2.00 bits per heavy atom. The number of nitrogens with one attached hydrogen (secondary N) is 1. The first-order valence-electron chi connectivity index (χ1n) is 6.93. The van der Waals surface area contributed by atoms with Crippen LogP contribution in [0.1, 0.15) is 31.7 Å². The summed E-state index contributed by atoms with van der Waals surface area (Å²) in [5.74, 6) is -0.837. The Kier molecular flexibility index (Phi) is 4.23. The number of halogens is 3. The van der Waals surface area contributed by atoms with E-state index in [1.54, 1.807) is 13.1 Å². The standard InChI is InChI=1S/C15H18F3NO3/c1-13(21)7-4-8-14(19-2,12(13)20)10-5-3-6-11(9-10)22-15(16,17)18/h3,5-6,9,19,21H,4,7-8H2,1-2H3/t13-,14+/m0/s1. The number of carbonyl (C=O) groups excluding carboxylic acids is 1. The van der Waals surface area contributed by atoms with Gasteiger partial charge >= 0.3 is 6.36 Å². The van der Waals surface area contributed by atoms with E-state index in [0.717, 1.165) is 0 Å². The summed E-state index contributed by atoms with van der Waals surface area (Å²) in [5, 5.41) is 13.1. The van der Waals surface area contributed by atoms with E-state index in [1.165, 1.54) is 25.1 Å². The molecule has 0 radical (unpaired) electrons. The van der Waals surface area contributed by atoms with Gasteiger partial charge < -0.3 is 15.2 Å². The first-order chi connectivity index (χ1) is 10.1. The molecule has 1 fully saturated rings. The highest BCUT2D eigenvalue weighted by molar-refractivity contribution is 5.96. The van der Waals surface area contributed by atoms with Crippen molar-refractivity contribution in [3.63, 3.8) is 0 Å². The lowest BCUT2D eigenvalue weighted by Gasteiger charge is -2.42. The summed E-state index contributed by atoms with van der Waals surface area (Å²) in [6, 6.07) is 5.31. The monoisotopic (exact) mass is 317 g/mol. The van der Waals surface area contributed by atoms with Crippen molar-refractivity contribution in [1.82, 2.24) is 5.32 Å². The summed E-state index contributed by atoms with van der Waals surface area (Å²) in [6.07, 6.45) is -3.50. The average molecular weight is 317 g/mol. The lowest BCUT2D eigenvalue weighted by atomic mass is 9.69. The van der Waals surface area contributed by atoms with Crippen molar-refractivity contribution in [1.29, 1.82) is 0 Å². The second-order valence-electron chi connectivity index (χ2n) is 5.69. The first kappa shape index (κ1) is 16.8. The smallest absolute Gasteiger partial charge is 0.406 e. The Morgan fingerprint density at radius 3 is 2.59 bits per heavy atom. The van der Waals surface area contributed by atoms with Crippen molar-refractivity contribution in [2.24, 2.45) is 0 Å². The molecule has 0 unspecified atom stereocenters. The number of likely N-dealkylation sites (N-methyl/N-ethyl adjacent to an activating group) is 1. The van der Waals surface area contributed by atoms with Crippen LogP contribution in [0.3, 0.4) is 0 Å². The van der Waals surface area contributed by atoms with Gasteiger partial charge in [0.2, 0.25) is 0 Å². The summed E-state index contributed by atoms with van der Waals surface area (Å²) in [6.45, 7) is 1.43. The zero-order chi connectivity index (χ0) is 16.6. The van der Waals surface area contributed by atoms with Crippen molar-refractivity contribution < 1.29 is 27.8 Å². The summed E-state index contributed by atoms with van der Waals surface area (Å²) >= 11 is 0. The lowest BCUT2D eigenvalue weighted by Crippen LogP contribution is -2.59. The Balaban J connectivity index is 2.43. The van der Waals surface area contributed by atoms with Gasteiger partial charge in [-0.3, -0.25) is 4.79 Å². The van der Waals surface area contributed by atoms with Crippen molar-refractivity contribution in [2.45, 2.75) is 43.7 Å². The molecule has 1 aliphatic carbocycles. The number of hydrogen-bond acceptors (Lipinski definition) is 4. The predicted octanol–water partition coefficient (Wildman–Crippen LogP) is 2.50. The normalized spacial score (nSPS) is 29.5. The molecule has 0 saturated heterocycles. The molecule has 7 heteroatoms. The topological polar surface area (TPSA) is 58.6 Å². The highest BCUT2D eigenvalue weighted by Crippen LogP contribution is 2.40. The number of Topliss-reactive ketones (excluding diaryl/α,β-unsaturated/α-hetero) is 1. The van der Waals surface area contributed by atoms with Crippen molar-refractivity contribution >= 4 is 5.78 Å². The molecule has 0 spiro atoms. The van der Waals surface area contributed by atoms with Crippen LogP contribution in [0.25, 0.3) is 0 Å². The Bertz CT molecular complexity index is 571. The second kappa shape index (κ2) is 5.55. The second-order valence-corrected chi connectivity index (χ2v) is 5.69. The largest absolute Gasteiger partial charge is 0.573 e. The minimum Gasteiger partial charge on any atom is -0.406 e. The molecule has 1 aliphatic rings. The minimum atomic E-state index is -4.80. The zero-order valence-corrected chi connectivity index (χ0v) is 12.3. The summed E-state index contributed by atoms with van der Waals surface area (Å²) in [5.41, 5.74) is -2.38. The van der Waals surface area contributed by atoms with Gasteiger partial charge in [-0.15, -0.1) is 13.2 Å². The number of alkyl halides is 3. The molecule has 0 aliphatic heterocycles. The third-order valence-corrected chi connectivity index (χ3v) is 4.08. The van der Waals surface area contributed by atoms with Gasteiger partial charge in [0.1, 0.15) is 16.9 Å². The number of rotatable bonds is 3. The maximum Gasteiger partial charge on any atom is 0.573 e. The Labute approximate surface area is 126 Å². The average Bonchev–Trinajstić information content (AvgIpc) is 2.40. The minimum absolute atomic E-state index is 0.327. The molecule has 1 aromatic rings. The molecular weight excluding hydrogens is 299 g/mol. The van der Waals surface area contributed by atoms with E-state index in [4.69, 9.17) is 0 Å². The van der Waals surface area contributed by atoms with Crippen LogP contribution in [0, 0.1) is 0 Å². The fourth-order valence-corrected chi connectivity index (χ4v) is 3.00.